The molecule has 1 saturated heterocycles. The van der Waals surface area contributed by atoms with Crippen LogP contribution in [0.15, 0.2) is 30.6 Å². The van der Waals surface area contributed by atoms with Gasteiger partial charge in [-0.25, -0.2) is 0 Å². The van der Waals surface area contributed by atoms with Crippen molar-refractivity contribution in [1.29, 1.82) is 0 Å². The zero-order valence-electron chi connectivity index (χ0n) is 14.3. The molecule has 2 atom stereocenters. The summed E-state index contributed by atoms with van der Waals surface area (Å²) in [5.41, 5.74) is 2.44. The molecule has 6 nitrogen and oxygen atoms in total. The van der Waals surface area contributed by atoms with Crippen LogP contribution in [0.25, 0.3) is 5.69 Å². The van der Waals surface area contributed by atoms with Gasteiger partial charge in [0.1, 0.15) is 0 Å². The molecule has 2 aromatic rings. The number of hydrogen-bond donors (Lipinski definition) is 1. The fourth-order valence-corrected chi connectivity index (χ4v) is 2.92. The minimum absolute atomic E-state index is 0. The first kappa shape index (κ1) is 18.4. The minimum Gasteiger partial charge on any atom is -0.337 e. The van der Waals surface area contributed by atoms with Gasteiger partial charge in [-0.3, -0.25) is 4.79 Å². The Balaban J connectivity index is 0.00000208. The maximum atomic E-state index is 13.1. The number of aryl methyl sites for hydroxylation is 1. The van der Waals surface area contributed by atoms with E-state index in [0.717, 1.165) is 24.3 Å². The number of rotatable bonds is 2. The lowest BCUT2D eigenvalue weighted by atomic mass is 10.0. The zero-order chi connectivity index (χ0) is 16.4. The van der Waals surface area contributed by atoms with Crippen LogP contribution in [0.4, 0.5) is 0 Å². The first-order chi connectivity index (χ1) is 11.1. The Hall–Kier alpha value is -1.92. The van der Waals surface area contributed by atoms with E-state index in [1.165, 1.54) is 4.80 Å². The Morgan fingerprint density at radius 2 is 1.96 bits per heavy atom. The average molecular weight is 350 g/mol. The zero-order valence-corrected chi connectivity index (χ0v) is 15.1. The lowest BCUT2D eigenvalue weighted by molar-refractivity contribution is 0.0747. The van der Waals surface area contributed by atoms with Crippen LogP contribution in [0.2, 0.25) is 0 Å². The van der Waals surface area contributed by atoms with Crippen molar-refractivity contribution in [3.05, 3.63) is 41.7 Å². The van der Waals surface area contributed by atoms with Gasteiger partial charge in [0.05, 0.1) is 23.6 Å². The molecule has 0 radical (unpaired) electrons. The Labute approximate surface area is 148 Å². The molecular formula is C17H24ClN5O. The van der Waals surface area contributed by atoms with Crippen LogP contribution >= 0.6 is 12.4 Å². The third kappa shape index (κ3) is 3.76. The Morgan fingerprint density at radius 1 is 1.25 bits per heavy atom. The Morgan fingerprint density at radius 3 is 2.67 bits per heavy atom. The average Bonchev–Trinajstić information content (AvgIpc) is 3.01. The summed E-state index contributed by atoms with van der Waals surface area (Å²) in [6, 6.07) is 6.22. The Kier molecular flexibility index (Phi) is 5.96. The number of halogens is 1. The highest BCUT2D eigenvalue weighted by molar-refractivity contribution is 5.98. The number of carbonyl (C=O) groups is 1. The maximum Gasteiger partial charge on any atom is 0.256 e. The fourth-order valence-electron chi connectivity index (χ4n) is 2.92. The molecule has 0 aliphatic carbocycles. The predicted molar refractivity (Wildman–Crippen MR) is 95.9 cm³/mol. The second-order valence-electron chi connectivity index (χ2n) is 6.31. The normalized spacial score (nSPS) is 21.0. The molecular weight excluding hydrogens is 326 g/mol. The lowest BCUT2D eigenvalue weighted by Gasteiger charge is -2.24. The van der Waals surface area contributed by atoms with E-state index in [1.807, 2.05) is 30.0 Å². The third-order valence-corrected chi connectivity index (χ3v) is 4.51. The molecule has 2 heterocycles. The number of carbonyl (C=O) groups excluding carboxylic acids is 1. The summed E-state index contributed by atoms with van der Waals surface area (Å²) in [6.45, 7) is 8.63. The molecule has 3 rings (SSSR count). The first-order valence-corrected chi connectivity index (χ1v) is 8.06. The van der Waals surface area contributed by atoms with Gasteiger partial charge in [-0.15, -0.1) is 12.4 Å². The van der Waals surface area contributed by atoms with Crippen LogP contribution in [-0.4, -0.2) is 51.5 Å². The Bertz CT molecular complexity index is 688. The molecule has 1 aliphatic rings. The van der Waals surface area contributed by atoms with Crippen LogP contribution in [-0.2, 0) is 0 Å². The number of hydrogen-bond acceptors (Lipinski definition) is 4. The molecule has 24 heavy (non-hydrogen) atoms. The summed E-state index contributed by atoms with van der Waals surface area (Å²) in [7, 11) is 0. The van der Waals surface area contributed by atoms with Crippen molar-refractivity contribution < 1.29 is 4.79 Å². The van der Waals surface area contributed by atoms with Crippen LogP contribution in [0.1, 0.15) is 29.8 Å². The van der Waals surface area contributed by atoms with Gasteiger partial charge in [-0.2, -0.15) is 15.0 Å². The monoisotopic (exact) mass is 349 g/mol. The highest BCUT2D eigenvalue weighted by atomic mass is 35.5. The number of benzene rings is 1. The van der Waals surface area contributed by atoms with Gasteiger partial charge in [-0.1, -0.05) is 18.6 Å². The van der Waals surface area contributed by atoms with E-state index in [1.54, 1.807) is 12.4 Å². The topological polar surface area (TPSA) is 63.1 Å². The van der Waals surface area contributed by atoms with E-state index in [-0.39, 0.29) is 18.3 Å². The van der Waals surface area contributed by atoms with Crippen molar-refractivity contribution in [2.75, 3.05) is 19.6 Å². The summed E-state index contributed by atoms with van der Waals surface area (Å²) in [5.74, 6) is 0.460. The molecule has 0 saturated carbocycles. The standard InChI is InChI=1S/C17H23N5O.ClH/c1-12-4-5-16(22-19-6-7-20-22)15(10-12)17(23)21-9-8-18-14(3)13(2)11-21;/h4-7,10,13-14,18H,8-9,11H2,1-3H3;1H. The van der Waals surface area contributed by atoms with E-state index in [2.05, 4.69) is 29.4 Å². The number of nitrogens with zero attached hydrogens (tertiary/aromatic N) is 4. The lowest BCUT2D eigenvalue weighted by Crippen LogP contribution is -2.36. The fraction of sp³-hybridized carbons (Fsp3) is 0.471. The molecule has 1 N–H and O–H groups in total. The van der Waals surface area contributed by atoms with Gasteiger partial charge >= 0.3 is 0 Å². The summed E-state index contributed by atoms with van der Waals surface area (Å²) < 4.78 is 0. The summed E-state index contributed by atoms with van der Waals surface area (Å²) in [5, 5.41) is 11.8. The van der Waals surface area contributed by atoms with E-state index < -0.39 is 0 Å². The molecule has 0 bridgehead atoms. The van der Waals surface area contributed by atoms with Gasteiger partial charge in [0.2, 0.25) is 0 Å². The summed E-state index contributed by atoms with van der Waals surface area (Å²) in [4.78, 5) is 16.5. The maximum absolute atomic E-state index is 13.1. The van der Waals surface area contributed by atoms with Crippen LogP contribution in [0.3, 0.4) is 0 Å². The van der Waals surface area contributed by atoms with Gasteiger partial charge in [-0.05, 0) is 31.9 Å². The highest BCUT2D eigenvalue weighted by Crippen LogP contribution is 2.19. The molecule has 7 heteroatoms. The van der Waals surface area contributed by atoms with Crippen LogP contribution < -0.4 is 5.32 Å². The minimum atomic E-state index is 0. The van der Waals surface area contributed by atoms with Crippen molar-refractivity contribution in [3.63, 3.8) is 0 Å². The first-order valence-electron chi connectivity index (χ1n) is 8.06. The van der Waals surface area contributed by atoms with Crippen molar-refractivity contribution in [2.24, 2.45) is 5.92 Å². The summed E-state index contributed by atoms with van der Waals surface area (Å²) >= 11 is 0. The van der Waals surface area contributed by atoms with E-state index in [9.17, 15) is 4.79 Å². The van der Waals surface area contributed by atoms with Gasteiger partial charge < -0.3 is 10.2 Å². The molecule has 130 valence electrons. The second kappa shape index (κ2) is 7.77. The van der Waals surface area contributed by atoms with Crippen molar-refractivity contribution >= 4 is 18.3 Å². The van der Waals surface area contributed by atoms with Crippen LogP contribution in [0.5, 0.6) is 0 Å². The molecule has 2 unspecified atom stereocenters. The van der Waals surface area contributed by atoms with E-state index in [0.29, 0.717) is 24.1 Å². The SMILES string of the molecule is Cc1ccc(-n2nccn2)c(C(=O)N2CCNC(C)C(C)C2)c1.Cl. The van der Waals surface area contributed by atoms with Crippen molar-refractivity contribution in [2.45, 2.75) is 26.8 Å². The molecule has 1 amide bonds. The summed E-state index contributed by atoms with van der Waals surface area (Å²) in [6.07, 6.45) is 3.24. The molecule has 1 aromatic heterocycles. The van der Waals surface area contributed by atoms with Gasteiger partial charge in [0.15, 0.2) is 0 Å². The molecule has 1 aromatic carbocycles. The van der Waals surface area contributed by atoms with E-state index >= 15 is 0 Å². The van der Waals surface area contributed by atoms with Gasteiger partial charge in [0, 0.05) is 25.7 Å². The van der Waals surface area contributed by atoms with Crippen molar-refractivity contribution in [1.82, 2.24) is 25.2 Å². The van der Waals surface area contributed by atoms with Crippen molar-refractivity contribution in [3.8, 4) is 5.69 Å². The van der Waals surface area contributed by atoms with E-state index in [4.69, 9.17) is 0 Å². The largest absolute Gasteiger partial charge is 0.337 e. The highest BCUT2D eigenvalue weighted by Gasteiger charge is 2.26. The second-order valence-corrected chi connectivity index (χ2v) is 6.31. The molecule has 1 fully saturated rings. The molecule has 0 spiro atoms. The van der Waals surface area contributed by atoms with Gasteiger partial charge in [0.25, 0.3) is 5.91 Å². The number of amides is 1. The predicted octanol–water partition coefficient (Wildman–Crippen LogP) is 2.07. The number of nitrogens with one attached hydrogen (secondary N) is 1. The number of aromatic nitrogens is 3. The van der Waals surface area contributed by atoms with Crippen LogP contribution in [0, 0.1) is 12.8 Å². The third-order valence-electron chi connectivity index (χ3n) is 4.51. The smallest absolute Gasteiger partial charge is 0.256 e. The quantitative estimate of drug-likeness (QED) is 0.901. The molecule has 1 aliphatic heterocycles.